The van der Waals surface area contributed by atoms with Crippen LogP contribution in [0.2, 0.25) is 0 Å². The highest BCUT2D eigenvalue weighted by atomic mass is 15.1. The molecular formula is C23H30N6. The third-order valence-electron chi connectivity index (χ3n) is 5.33. The van der Waals surface area contributed by atoms with E-state index in [0.717, 1.165) is 47.1 Å². The molecule has 3 heterocycles. The highest BCUT2D eigenvalue weighted by Gasteiger charge is 2.29. The van der Waals surface area contributed by atoms with E-state index < -0.39 is 0 Å². The van der Waals surface area contributed by atoms with E-state index in [1.54, 1.807) is 0 Å². The van der Waals surface area contributed by atoms with E-state index in [1.165, 1.54) is 5.56 Å². The van der Waals surface area contributed by atoms with Gasteiger partial charge in [-0.15, -0.1) is 0 Å². The number of hydrogen-bond acceptors (Lipinski definition) is 5. The van der Waals surface area contributed by atoms with Crippen molar-refractivity contribution in [3.05, 3.63) is 54.5 Å². The van der Waals surface area contributed by atoms with Crippen LogP contribution in [0.15, 0.2) is 48.9 Å². The molecule has 29 heavy (non-hydrogen) atoms. The van der Waals surface area contributed by atoms with E-state index in [1.807, 2.05) is 25.4 Å². The Morgan fingerprint density at radius 2 is 2.17 bits per heavy atom. The molecule has 0 bridgehead atoms. The molecule has 1 aliphatic heterocycles. The molecule has 0 amide bonds. The average Bonchev–Trinajstić information content (AvgIpc) is 3.02. The van der Waals surface area contributed by atoms with Crippen LogP contribution in [-0.2, 0) is 6.42 Å². The zero-order valence-corrected chi connectivity index (χ0v) is 17.4. The third-order valence-corrected chi connectivity index (χ3v) is 5.33. The molecule has 1 aliphatic rings. The van der Waals surface area contributed by atoms with Crippen LogP contribution >= 0.6 is 0 Å². The number of nitrogens with zero attached hydrogens (tertiary/aromatic N) is 2. The van der Waals surface area contributed by atoms with E-state index in [9.17, 15) is 0 Å². The van der Waals surface area contributed by atoms with Gasteiger partial charge in [0.1, 0.15) is 0 Å². The summed E-state index contributed by atoms with van der Waals surface area (Å²) in [6.07, 6.45) is 6.54. The lowest BCUT2D eigenvalue weighted by Crippen LogP contribution is -2.48. The number of fused-ring (bicyclic) bond motifs is 1. The lowest BCUT2D eigenvalue weighted by atomic mass is 9.88. The molecule has 0 aliphatic carbocycles. The van der Waals surface area contributed by atoms with E-state index in [2.05, 4.69) is 59.2 Å². The molecule has 0 radical (unpaired) electrons. The first-order valence-electron chi connectivity index (χ1n) is 10.2. The Hall–Kier alpha value is -2.86. The van der Waals surface area contributed by atoms with E-state index in [0.29, 0.717) is 5.95 Å². The summed E-state index contributed by atoms with van der Waals surface area (Å²) in [5, 5.41) is 8.11. The zero-order valence-electron chi connectivity index (χ0n) is 17.4. The maximum Gasteiger partial charge on any atom is 0.223 e. The summed E-state index contributed by atoms with van der Waals surface area (Å²) in [6.45, 7) is 10.5. The fourth-order valence-corrected chi connectivity index (χ4v) is 4.31. The number of aromatic nitrogens is 3. The maximum absolute atomic E-state index is 5.94. The molecule has 3 aromatic rings. The second kappa shape index (κ2) is 7.52. The minimum atomic E-state index is 0.0141. The van der Waals surface area contributed by atoms with Crippen molar-refractivity contribution in [3.8, 4) is 11.3 Å². The van der Waals surface area contributed by atoms with Crippen LogP contribution in [-0.4, -0.2) is 32.6 Å². The molecule has 0 saturated carbocycles. The molecule has 2 aromatic heterocycles. The van der Waals surface area contributed by atoms with Gasteiger partial charge in [-0.05, 0) is 51.3 Å². The van der Waals surface area contributed by atoms with E-state index >= 15 is 0 Å². The first-order valence-corrected chi connectivity index (χ1v) is 10.2. The predicted octanol–water partition coefficient (Wildman–Crippen LogP) is 3.97. The second-order valence-corrected chi connectivity index (χ2v) is 8.89. The van der Waals surface area contributed by atoms with Crippen molar-refractivity contribution in [1.82, 2.24) is 20.3 Å². The van der Waals surface area contributed by atoms with Crippen molar-refractivity contribution in [1.29, 1.82) is 0 Å². The molecule has 1 fully saturated rings. The fraction of sp³-hybridized carbons (Fsp3) is 0.391. The van der Waals surface area contributed by atoms with Gasteiger partial charge in [0.2, 0.25) is 5.95 Å². The van der Waals surface area contributed by atoms with Crippen molar-refractivity contribution in [2.24, 2.45) is 5.73 Å². The SMILES string of the molecule is C=C1CC(Nc2nccc(-c3c[nH]c4cc(CC(C)N)ccc34)n2)CC(C)(C)N1. The predicted molar refractivity (Wildman–Crippen MR) is 120 cm³/mol. The van der Waals surface area contributed by atoms with Crippen LogP contribution in [0.4, 0.5) is 5.95 Å². The molecule has 6 heteroatoms. The quantitative estimate of drug-likeness (QED) is 0.529. The Kier molecular flexibility index (Phi) is 5.04. The van der Waals surface area contributed by atoms with Gasteiger partial charge in [-0.1, -0.05) is 18.7 Å². The smallest absolute Gasteiger partial charge is 0.223 e. The van der Waals surface area contributed by atoms with Gasteiger partial charge in [-0.25, -0.2) is 9.97 Å². The molecule has 1 saturated heterocycles. The number of piperidine rings is 1. The number of nitrogens with one attached hydrogen (secondary N) is 3. The molecule has 2 unspecified atom stereocenters. The minimum absolute atomic E-state index is 0.0141. The van der Waals surface area contributed by atoms with Crippen LogP contribution < -0.4 is 16.4 Å². The fourth-order valence-electron chi connectivity index (χ4n) is 4.31. The summed E-state index contributed by atoms with van der Waals surface area (Å²) in [6, 6.07) is 8.82. The van der Waals surface area contributed by atoms with E-state index in [4.69, 9.17) is 10.7 Å². The zero-order chi connectivity index (χ0) is 20.6. The summed E-state index contributed by atoms with van der Waals surface area (Å²) in [5.41, 5.74) is 11.3. The maximum atomic E-state index is 5.94. The monoisotopic (exact) mass is 390 g/mol. The number of hydrogen-bond donors (Lipinski definition) is 4. The topological polar surface area (TPSA) is 91.7 Å². The largest absolute Gasteiger partial charge is 0.384 e. The van der Waals surface area contributed by atoms with Crippen molar-refractivity contribution in [3.63, 3.8) is 0 Å². The molecule has 5 N–H and O–H groups in total. The Morgan fingerprint density at radius 1 is 1.34 bits per heavy atom. The van der Waals surface area contributed by atoms with Crippen LogP contribution in [0, 0.1) is 0 Å². The van der Waals surface area contributed by atoms with Gasteiger partial charge in [-0.3, -0.25) is 0 Å². The van der Waals surface area contributed by atoms with Gasteiger partial charge in [0.25, 0.3) is 0 Å². The molecular weight excluding hydrogens is 360 g/mol. The van der Waals surface area contributed by atoms with Crippen LogP contribution in [0.3, 0.4) is 0 Å². The standard InChI is InChI=1S/C23H30N6/c1-14(24)9-16-5-6-18-19(13-26-21(18)11-16)20-7-8-25-22(28-20)27-17-10-15(2)29-23(3,4)12-17/h5-8,11,13-14,17,26,29H,2,9-10,12,24H2,1,3-4H3,(H,25,27,28). The normalized spacial score (nSPS) is 19.7. The number of H-pyrrole nitrogens is 1. The minimum Gasteiger partial charge on any atom is -0.384 e. The van der Waals surface area contributed by atoms with Crippen molar-refractivity contribution in [2.75, 3.05) is 5.32 Å². The number of benzene rings is 1. The Labute approximate surface area is 172 Å². The Bertz CT molecular complexity index is 1030. The molecule has 4 rings (SSSR count). The molecule has 152 valence electrons. The van der Waals surface area contributed by atoms with Gasteiger partial charge in [-0.2, -0.15) is 0 Å². The average molecular weight is 391 g/mol. The third kappa shape index (κ3) is 4.43. The molecule has 1 aromatic carbocycles. The van der Waals surface area contributed by atoms with Gasteiger partial charge in [0, 0.05) is 58.6 Å². The summed E-state index contributed by atoms with van der Waals surface area (Å²) in [4.78, 5) is 12.6. The lowest BCUT2D eigenvalue weighted by molar-refractivity contribution is 0.324. The highest BCUT2D eigenvalue weighted by molar-refractivity contribution is 5.95. The Morgan fingerprint density at radius 3 is 2.93 bits per heavy atom. The van der Waals surface area contributed by atoms with Crippen molar-refractivity contribution >= 4 is 16.9 Å². The summed E-state index contributed by atoms with van der Waals surface area (Å²) in [5.74, 6) is 0.654. The summed E-state index contributed by atoms with van der Waals surface area (Å²) >= 11 is 0. The van der Waals surface area contributed by atoms with Crippen LogP contribution in [0.25, 0.3) is 22.2 Å². The van der Waals surface area contributed by atoms with E-state index in [-0.39, 0.29) is 17.6 Å². The number of nitrogens with two attached hydrogens (primary N) is 1. The highest BCUT2D eigenvalue weighted by Crippen LogP contribution is 2.29. The number of rotatable bonds is 5. The van der Waals surface area contributed by atoms with Crippen molar-refractivity contribution < 1.29 is 0 Å². The molecule has 2 atom stereocenters. The van der Waals surface area contributed by atoms with Crippen molar-refractivity contribution in [2.45, 2.75) is 57.7 Å². The molecule has 0 spiro atoms. The Balaban J connectivity index is 1.58. The van der Waals surface area contributed by atoms with Gasteiger partial charge in [0.15, 0.2) is 0 Å². The number of anilines is 1. The lowest BCUT2D eigenvalue weighted by Gasteiger charge is -2.38. The summed E-state index contributed by atoms with van der Waals surface area (Å²) < 4.78 is 0. The number of aromatic amines is 1. The van der Waals surface area contributed by atoms with Gasteiger partial charge in [0.05, 0.1) is 5.69 Å². The van der Waals surface area contributed by atoms with Gasteiger partial charge < -0.3 is 21.4 Å². The molecule has 6 nitrogen and oxygen atoms in total. The van der Waals surface area contributed by atoms with Crippen LogP contribution in [0.5, 0.6) is 0 Å². The summed E-state index contributed by atoms with van der Waals surface area (Å²) in [7, 11) is 0. The first kappa shape index (κ1) is 19.5. The first-order chi connectivity index (χ1) is 13.8. The van der Waals surface area contributed by atoms with Crippen LogP contribution in [0.1, 0.15) is 39.2 Å². The second-order valence-electron chi connectivity index (χ2n) is 8.89. The van der Waals surface area contributed by atoms with Gasteiger partial charge >= 0.3 is 0 Å².